The summed E-state index contributed by atoms with van der Waals surface area (Å²) >= 11 is 1.70. The summed E-state index contributed by atoms with van der Waals surface area (Å²) in [6.45, 7) is 12.6. The number of rotatable bonds is 4. The van der Waals surface area contributed by atoms with Gasteiger partial charge in [-0.25, -0.2) is 0 Å². The van der Waals surface area contributed by atoms with Gasteiger partial charge in [0.1, 0.15) is 11.9 Å². The van der Waals surface area contributed by atoms with Gasteiger partial charge in [0.2, 0.25) is 0 Å². The molecule has 0 amide bonds. The van der Waals surface area contributed by atoms with E-state index in [-0.39, 0.29) is 29.3 Å². The molecule has 0 aromatic heterocycles. The zero-order chi connectivity index (χ0) is 19.7. The molecule has 1 aliphatic heterocycles. The maximum atomic E-state index is 11.4. The first-order valence-corrected chi connectivity index (χ1v) is 10.2. The molecule has 1 aromatic rings. The first-order chi connectivity index (χ1) is 11.9. The molecular weight excluding hydrogens is 348 g/mol. The van der Waals surface area contributed by atoms with Crippen LogP contribution in [0.25, 0.3) is 0 Å². The van der Waals surface area contributed by atoms with E-state index >= 15 is 0 Å². The van der Waals surface area contributed by atoms with Gasteiger partial charge in [0.05, 0.1) is 12.5 Å². The summed E-state index contributed by atoms with van der Waals surface area (Å²) < 4.78 is 5.32. The van der Waals surface area contributed by atoms with E-state index in [2.05, 4.69) is 53.7 Å². The van der Waals surface area contributed by atoms with Gasteiger partial charge in [-0.1, -0.05) is 41.5 Å². The smallest absolute Gasteiger partial charge is 0.308 e. The fourth-order valence-corrected chi connectivity index (χ4v) is 4.20. The molecule has 1 aromatic carbocycles. The summed E-state index contributed by atoms with van der Waals surface area (Å²) in [5, 5.41) is 20.5. The molecule has 1 aliphatic rings. The van der Waals surface area contributed by atoms with Crippen molar-refractivity contribution in [2.24, 2.45) is 0 Å². The summed E-state index contributed by atoms with van der Waals surface area (Å²) in [6.07, 6.45) is 0.540. The van der Waals surface area contributed by atoms with E-state index in [1.165, 1.54) is 0 Å². The molecule has 0 spiro atoms. The van der Waals surface area contributed by atoms with Crippen LogP contribution in [0.5, 0.6) is 5.75 Å². The van der Waals surface area contributed by atoms with Gasteiger partial charge in [-0.2, -0.15) is 0 Å². The van der Waals surface area contributed by atoms with Crippen LogP contribution >= 0.6 is 11.8 Å². The Bertz CT molecular complexity index is 620. The summed E-state index contributed by atoms with van der Waals surface area (Å²) in [5.74, 6) is 0.870. The van der Waals surface area contributed by atoms with E-state index in [0.29, 0.717) is 18.6 Å². The van der Waals surface area contributed by atoms with Crippen LogP contribution in [0, 0.1) is 0 Å². The predicted octanol–water partition coefficient (Wildman–Crippen LogP) is 4.54. The Hall–Kier alpha value is -1.20. The standard InChI is InChI=1S/C21H32O4S/c1-20(2,3)16-11-15(12-17(19(16)24)21(4,5)6)26-8-7-14-9-13(22)10-18(23)25-14/h11-14,22,24H,7-10H2,1-6H3/t13-,14?/m1/s1. The highest BCUT2D eigenvalue weighted by Crippen LogP contribution is 2.42. The summed E-state index contributed by atoms with van der Waals surface area (Å²) in [4.78, 5) is 12.6. The van der Waals surface area contributed by atoms with Crippen molar-refractivity contribution >= 4 is 17.7 Å². The van der Waals surface area contributed by atoms with E-state index in [0.717, 1.165) is 21.8 Å². The van der Waals surface area contributed by atoms with E-state index in [9.17, 15) is 15.0 Å². The van der Waals surface area contributed by atoms with Gasteiger partial charge in [0, 0.05) is 28.2 Å². The topological polar surface area (TPSA) is 66.8 Å². The molecule has 0 bridgehead atoms. The Balaban J connectivity index is 2.15. The molecule has 0 saturated carbocycles. The molecule has 1 fully saturated rings. The number of hydrogen-bond donors (Lipinski definition) is 2. The van der Waals surface area contributed by atoms with Gasteiger partial charge >= 0.3 is 5.97 Å². The number of phenolic OH excluding ortho intramolecular Hbond substituents is 1. The average Bonchev–Trinajstić information content (AvgIpc) is 2.45. The molecule has 1 unspecified atom stereocenters. The Morgan fingerprint density at radius 3 is 2.12 bits per heavy atom. The van der Waals surface area contributed by atoms with Gasteiger partial charge in [-0.15, -0.1) is 11.8 Å². The van der Waals surface area contributed by atoms with Crippen LogP contribution in [-0.4, -0.2) is 34.1 Å². The van der Waals surface area contributed by atoms with Gasteiger partial charge in [0.15, 0.2) is 0 Å². The lowest BCUT2D eigenvalue weighted by atomic mass is 9.79. The number of aliphatic hydroxyl groups is 1. The molecular formula is C21H32O4S. The number of hydrogen-bond acceptors (Lipinski definition) is 5. The minimum atomic E-state index is -0.583. The van der Waals surface area contributed by atoms with Crippen molar-refractivity contribution in [3.8, 4) is 5.75 Å². The third kappa shape index (κ3) is 5.40. The van der Waals surface area contributed by atoms with Gasteiger partial charge in [-0.05, 0) is 29.4 Å². The molecule has 0 radical (unpaired) electrons. The fraction of sp³-hybridized carbons (Fsp3) is 0.667. The summed E-state index contributed by atoms with van der Waals surface area (Å²) in [5.41, 5.74) is 1.60. The zero-order valence-electron chi connectivity index (χ0n) is 16.8. The highest BCUT2D eigenvalue weighted by Gasteiger charge is 2.28. The summed E-state index contributed by atoms with van der Waals surface area (Å²) in [7, 11) is 0. The molecule has 1 saturated heterocycles. The Morgan fingerprint density at radius 2 is 1.65 bits per heavy atom. The van der Waals surface area contributed by atoms with Crippen molar-refractivity contribution in [2.75, 3.05) is 5.75 Å². The largest absolute Gasteiger partial charge is 0.507 e. The molecule has 2 atom stereocenters. The number of thioether (sulfide) groups is 1. The molecule has 2 rings (SSSR count). The summed E-state index contributed by atoms with van der Waals surface area (Å²) in [6, 6.07) is 4.13. The van der Waals surface area contributed by atoms with Crippen LogP contribution in [0.2, 0.25) is 0 Å². The number of benzene rings is 1. The van der Waals surface area contributed by atoms with E-state index < -0.39 is 6.10 Å². The van der Waals surface area contributed by atoms with E-state index in [4.69, 9.17) is 4.74 Å². The Morgan fingerprint density at radius 1 is 1.12 bits per heavy atom. The minimum absolute atomic E-state index is 0.103. The highest BCUT2D eigenvalue weighted by atomic mass is 32.2. The molecule has 5 heteroatoms. The second kappa shape index (κ2) is 7.81. The normalized spacial score (nSPS) is 21.6. The molecule has 146 valence electrons. The van der Waals surface area contributed by atoms with Crippen molar-refractivity contribution in [3.05, 3.63) is 23.3 Å². The SMILES string of the molecule is CC(C)(C)c1cc(SCCC2C[C@@H](O)CC(=O)O2)cc(C(C)(C)C)c1O. The van der Waals surface area contributed by atoms with Crippen molar-refractivity contribution in [2.45, 2.75) is 88.7 Å². The quantitative estimate of drug-likeness (QED) is 0.593. The van der Waals surface area contributed by atoms with Crippen LogP contribution in [0.1, 0.15) is 71.9 Å². The maximum Gasteiger partial charge on any atom is 0.308 e. The van der Waals surface area contributed by atoms with E-state index in [1.807, 2.05) is 0 Å². The number of carbonyl (C=O) groups is 1. The molecule has 4 nitrogen and oxygen atoms in total. The molecule has 26 heavy (non-hydrogen) atoms. The predicted molar refractivity (Wildman–Crippen MR) is 106 cm³/mol. The van der Waals surface area contributed by atoms with E-state index in [1.54, 1.807) is 11.8 Å². The second-order valence-electron chi connectivity index (χ2n) is 9.21. The Kier molecular flexibility index (Phi) is 6.34. The molecule has 1 heterocycles. The second-order valence-corrected chi connectivity index (χ2v) is 10.4. The number of esters is 1. The first kappa shape index (κ1) is 21.1. The minimum Gasteiger partial charge on any atom is -0.507 e. The van der Waals surface area contributed by atoms with Gasteiger partial charge in [-0.3, -0.25) is 4.79 Å². The third-order valence-corrected chi connectivity index (χ3v) is 5.65. The van der Waals surface area contributed by atoms with Gasteiger partial charge < -0.3 is 14.9 Å². The van der Waals surface area contributed by atoms with Crippen LogP contribution in [0.15, 0.2) is 17.0 Å². The average molecular weight is 381 g/mol. The zero-order valence-corrected chi connectivity index (χ0v) is 17.6. The van der Waals surface area contributed by atoms with Crippen molar-refractivity contribution < 1.29 is 19.7 Å². The van der Waals surface area contributed by atoms with Crippen molar-refractivity contribution in [1.29, 1.82) is 0 Å². The lowest BCUT2D eigenvalue weighted by Crippen LogP contribution is -2.32. The van der Waals surface area contributed by atoms with Crippen LogP contribution in [-0.2, 0) is 20.4 Å². The third-order valence-electron chi connectivity index (χ3n) is 4.64. The number of ether oxygens (including phenoxy) is 1. The number of cyclic esters (lactones) is 1. The Labute approximate surface area is 161 Å². The lowest BCUT2D eigenvalue weighted by Gasteiger charge is -2.28. The first-order valence-electron chi connectivity index (χ1n) is 9.26. The van der Waals surface area contributed by atoms with Gasteiger partial charge in [0.25, 0.3) is 0 Å². The molecule has 0 aliphatic carbocycles. The van der Waals surface area contributed by atoms with Crippen LogP contribution in [0.4, 0.5) is 0 Å². The van der Waals surface area contributed by atoms with Crippen molar-refractivity contribution in [1.82, 2.24) is 0 Å². The van der Waals surface area contributed by atoms with Crippen LogP contribution < -0.4 is 0 Å². The van der Waals surface area contributed by atoms with Crippen LogP contribution in [0.3, 0.4) is 0 Å². The number of aliphatic hydroxyl groups excluding tert-OH is 1. The number of phenols is 1. The number of carbonyl (C=O) groups excluding carboxylic acids is 1. The van der Waals surface area contributed by atoms with Crippen molar-refractivity contribution in [3.63, 3.8) is 0 Å². The maximum absolute atomic E-state index is 11.4. The fourth-order valence-electron chi connectivity index (χ4n) is 3.18. The molecule has 2 N–H and O–H groups in total. The lowest BCUT2D eigenvalue weighted by molar-refractivity contribution is -0.159. The highest BCUT2D eigenvalue weighted by molar-refractivity contribution is 7.99. The monoisotopic (exact) mass is 380 g/mol. The number of aromatic hydroxyl groups is 1.